The Hall–Kier alpha value is -3.00. The van der Waals surface area contributed by atoms with Gasteiger partial charge in [-0.1, -0.05) is 12.1 Å². The fraction of sp³-hybridized carbons (Fsp3) is 0.176. The van der Waals surface area contributed by atoms with Gasteiger partial charge in [-0.2, -0.15) is 0 Å². The number of rotatable bonds is 5. The maximum Gasteiger partial charge on any atom is 0.319 e. The molecule has 2 aromatic rings. The molecule has 0 aliphatic carbocycles. The van der Waals surface area contributed by atoms with Gasteiger partial charge in [0, 0.05) is 19.3 Å². The van der Waals surface area contributed by atoms with E-state index < -0.39 is 29.7 Å². The van der Waals surface area contributed by atoms with E-state index in [1.165, 1.54) is 43.4 Å². The van der Waals surface area contributed by atoms with Gasteiger partial charge in [-0.15, -0.1) is 0 Å². The van der Waals surface area contributed by atoms with Crippen molar-refractivity contribution in [2.24, 2.45) is 0 Å². The molecule has 4 N–H and O–H groups in total. The first-order valence-corrected chi connectivity index (χ1v) is 7.40. The maximum absolute atomic E-state index is 13.6. The van der Waals surface area contributed by atoms with Crippen LogP contribution in [0.3, 0.4) is 0 Å². The Bertz CT molecular complexity index is 766. The van der Waals surface area contributed by atoms with Gasteiger partial charge in [-0.25, -0.2) is 13.6 Å². The van der Waals surface area contributed by atoms with Crippen molar-refractivity contribution in [3.63, 3.8) is 0 Å². The van der Waals surface area contributed by atoms with E-state index in [1.807, 2.05) is 0 Å². The van der Waals surface area contributed by atoms with Gasteiger partial charge in [0.1, 0.15) is 11.6 Å². The van der Waals surface area contributed by atoms with E-state index in [4.69, 9.17) is 0 Å². The number of amides is 3. The summed E-state index contributed by atoms with van der Waals surface area (Å²) in [5.41, 5.74) is 0.464. The second kappa shape index (κ2) is 8.20. The topological polar surface area (TPSA) is 90.5 Å². The molecule has 0 aliphatic heterocycles. The fourth-order valence-corrected chi connectivity index (χ4v) is 2.08. The predicted octanol–water partition coefficient (Wildman–Crippen LogP) is 2.18. The third-order valence-electron chi connectivity index (χ3n) is 3.41. The van der Waals surface area contributed by atoms with E-state index >= 15 is 0 Å². The number of carbonyl (C=O) groups is 2. The number of aliphatic hydroxyl groups excluding tert-OH is 1. The molecule has 8 heteroatoms. The summed E-state index contributed by atoms with van der Waals surface area (Å²) in [5.74, 6) is -1.75. The molecule has 6 nitrogen and oxygen atoms in total. The summed E-state index contributed by atoms with van der Waals surface area (Å²) in [4.78, 5) is 23.4. The first-order chi connectivity index (χ1) is 11.9. The van der Waals surface area contributed by atoms with Crippen LogP contribution in [-0.4, -0.2) is 30.6 Å². The van der Waals surface area contributed by atoms with Gasteiger partial charge in [0.2, 0.25) is 0 Å². The Morgan fingerprint density at radius 2 is 1.80 bits per heavy atom. The van der Waals surface area contributed by atoms with E-state index in [9.17, 15) is 23.5 Å². The number of halogens is 2. The monoisotopic (exact) mass is 349 g/mol. The second-order valence-corrected chi connectivity index (χ2v) is 5.18. The summed E-state index contributed by atoms with van der Waals surface area (Å²) >= 11 is 0. The summed E-state index contributed by atoms with van der Waals surface area (Å²) in [6, 6.07) is 8.16. The summed E-state index contributed by atoms with van der Waals surface area (Å²) < 4.78 is 26.4. The summed E-state index contributed by atoms with van der Waals surface area (Å²) in [6.45, 7) is -0.110. The van der Waals surface area contributed by atoms with Crippen LogP contribution in [0, 0.1) is 11.6 Å². The van der Waals surface area contributed by atoms with Gasteiger partial charge < -0.3 is 21.1 Å². The lowest BCUT2D eigenvalue weighted by atomic mass is 10.1. The predicted molar refractivity (Wildman–Crippen MR) is 88.2 cm³/mol. The minimum atomic E-state index is -1.01. The van der Waals surface area contributed by atoms with Crippen molar-refractivity contribution in [2.75, 3.05) is 18.9 Å². The van der Waals surface area contributed by atoms with E-state index in [2.05, 4.69) is 16.0 Å². The number of carbonyl (C=O) groups excluding carboxylic acids is 2. The molecule has 0 saturated carbocycles. The Kier molecular flexibility index (Phi) is 6.02. The molecule has 1 atom stereocenters. The molecule has 0 radical (unpaired) electrons. The minimum Gasteiger partial charge on any atom is -0.387 e. The maximum atomic E-state index is 13.6. The standard InChI is InChI=1S/C17H17F2N3O3/c1-20-16(24)13-8-12(6-7-14(13)19)22-17(25)21-9-15(23)10-2-4-11(18)5-3-10/h2-8,15,23H,9H2,1H3,(H,20,24)(H2,21,22,25). The average Bonchev–Trinajstić information content (AvgIpc) is 2.61. The zero-order valence-corrected chi connectivity index (χ0v) is 13.3. The number of hydrogen-bond donors (Lipinski definition) is 4. The van der Waals surface area contributed by atoms with Crippen molar-refractivity contribution in [1.29, 1.82) is 0 Å². The van der Waals surface area contributed by atoms with Crippen molar-refractivity contribution in [3.05, 3.63) is 65.2 Å². The average molecular weight is 349 g/mol. The molecule has 25 heavy (non-hydrogen) atoms. The highest BCUT2D eigenvalue weighted by Gasteiger charge is 2.13. The van der Waals surface area contributed by atoms with Crippen LogP contribution in [0.1, 0.15) is 22.0 Å². The third kappa shape index (κ3) is 4.98. The van der Waals surface area contributed by atoms with Crippen LogP contribution in [0.4, 0.5) is 19.3 Å². The molecular weight excluding hydrogens is 332 g/mol. The molecule has 0 heterocycles. The first kappa shape index (κ1) is 18.3. The molecule has 0 aliphatic rings. The van der Waals surface area contributed by atoms with E-state index in [0.717, 1.165) is 6.07 Å². The first-order valence-electron chi connectivity index (χ1n) is 7.40. The van der Waals surface area contributed by atoms with Gasteiger partial charge in [0.25, 0.3) is 5.91 Å². The van der Waals surface area contributed by atoms with Crippen LogP contribution in [0.25, 0.3) is 0 Å². The molecule has 0 bridgehead atoms. The van der Waals surface area contributed by atoms with Gasteiger partial charge >= 0.3 is 6.03 Å². The van der Waals surface area contributed by atoms with E-state index in [1.54, 1.807) is 0 Å². The number of benzene rings is 2. The fourth-order valence-electron chi connectivity index (χ4n) is 2.08. The molecular formula is C17H17F2N3O3. The molecule has 0 aromatic heterocycles. The summed E-state index contributed by atoms with van der Waals surface area (Å²) in [6.07, 6.45) is -1.01. The number of aliphatic hydroxyl groups is 1. The van der Waals surface area contributed by atoms with Crippen molar-refractivity contribution in [3.8, 4) is 0 Å². The van der Waals surface area contributed by atoms with Crippen molar-refractivity contribution >= 4 is 17.6 Å². The Morgan fingerprint density at radius 1 is 1.12 bits per heavy atom. The quantitative estimate of drug-likeness (QED) is 0.667. The lowest BCUT2D eigenvalue weighted by Crippen LogP contribution is -2.32. The molecule has 0 saturated heterocycles. The zero-order chi connectivity index (χ0) is 18.4. The van der Waals surface area contributed by atoms with Gasteiger partial charge in [0.05, 0.1) is 11.7 Å². The van der Waals surface area contributed by atoms with Crippen LogP contribution in [0.15, 0.2) is 42.5 Å². The molecule has 0 fully saturated rings. The third-order valence-corrected chi connectivity index (χ3v) is 3.41. The van der Waals surface area contributed by atoms with Gasteiger partial charge in [-0.05, 0) is 35.9 Å². The molecule has 2 rings (SSSR count). The molecule has 1 unspecified atom stereocenters. The molecule has 3 amide bonds. The number of urea groups is 1. The normalized spacial score (nSPS) is 11.5. The number of nitrogens with one attached hydrogen (secondary N) is 3. The summed E-state index contributed by atoms with van der Waals surface area (Å²) in [7, 11) is 1.37. The van der Waals surface area contributed by atoms with Gasteiger partial charge in [0.15, 0.2) is 0 Å². The largest absolute Gasteiger partial charge is 0.387 e. The Morgan fingerprint density at radius 3 is 2.44 bits per heavy atom. The van der Waals surface area contributed by atoms with Crippen LogP contribution in [0.2, 0.25) is 0 Å². The van der Waals surface area contributed by atoms with Gasteiger partial charge in [-0.3, -0.25) is 4.79 Å². The van der Waals surface area contributed by atoms with Crippen molar-refractivity contribution < 1.29 is 23.5 Å². The second-order valence-electron chi connectivity index (χ2n) is 5.18. The highest BCUT2D eigenvalue weighted by molar-refractivity contribution is 5.97. The molecule has 0 spiro atoms. The van der Waals surface area contributed by atoms with Crippen LogP contribution in [-0.2, 0) is 0 Å². The van der Waals surface area contributed by atoms with Crippen LogP contribution >= 0.6 is 0 Å². The van der Waals surface area contributed by atoms with E-state index in [-0.39, 0.29) is 17.8 Å². The lowest BCUT2D eigenvalue weighted by Gasteiger charge is -2.13. The molecule has 2 aromatic carbocycles. The molecule has 132 valence electrons. The van der Waals surface area contributed by atoms with Crippen LogP contribution in [0.5, 0.6) is 0 Å². The van der Waals surface area contributed by atoms with Crippen molar-refractivity contribution in [2.45, 2.75) is 6.10 Å². The Balaban J connectivity index is 1.94. The number of anilines is 1. The summed E-state index contributed by atoms with van der Waals surface area (Å²) in [5, 5.41) is 17.1. The Labute approximate surface area is 142 Å². The smallest absolute Gasteiger partial charge is 0.319 e. The zero-order valence-electron chi connectivity index (χ0n) is 13.3. The van der Waals surface area contributed by atoms with Crippen molar-refractivity contribution in [1.82, 2.24) is 10.6 Å². The SMILES string of the molecule is CNC(=O)c1cc(NC(=O)NCC(O)c2ccc(F)cc2)ccc1F. The highest BCUT2D eigenvalue weighted by Crippen LogP contribution is 2.15. The van der Waals surface area contributed by atoms with Crippen LogP contribution < -0.4 is 16.0 Å². The number of hydrogen-bond acceptors (Lipinski definition) is 3. The highest BCUT2D eigenvalue weighted by atomic mass is 19.1. The minimum absolute atomic E-state index is 0.110. The van der Waals surface area contributed by atoms with E-state index in [0.29, 0.717) is 5.56 Å². The lowest BCUT2D eigenvalue weighted by molar-refractivity contribution is 0.0959.